The Balaban J connectivity index is 2.28. The molecule has 2 aromatic heterocycles. The minimum atomic E-state index is -0.636. The smallest absolute Gasteiger partial charge is 0.261 e. The monoisotopic (exact) mass is 284 g/mol. The lowest BCUT2D eigenvalue weighted by molar-refractivity contribution is 0.0873. The van der Waals surface area contributed by atoms with Crippen molar-refractivity contribution in [2.45, 2.75) is 19.4 Å². The first-order chi connectivity index (χ1) is 8.41. The van der Waals surface area contributed by atoms with Gasteiger partial charge in [-0.2, -0.15) is 0 Å². The van der Waals surface area contributed by atoms with Crippen LogP contribution in [-0.4, -0.2) is 28.1 Å². The highest BCUT2D eigenvalue weighted by atomic mass is 35.5. The molecule has 4 nitrogen and oxygen atoms in total. The molecule has 0 unspecified atom stereocenters. The Hall–Kier alpha value is -1.17. The minimum absolute atomic E-state index is 0.114. The normalized spacial score (nSPS) is 11.8. The van der Waals surface area contributed by atoms with Crippen molar-refractivity contribution in [2.75, 3.05) is 6.61 Å². The number of aliphatic hydroxyl groups excluding tert-OH is 1. The highest BCUT2D eigenvalue weighted by Gasteiger charge is 2.21. The van der Waals surface area contributed by atoms with E-state index < -0.39 is 5.54 Å². The number of nitrogens with zero attached hydrogens (tertiary/aromatic N) is 1. The van der Waals surface area contributed by atoms with Crippen molar-refractivity contribution in [3.63, 3.8) is 0 Å². The van der Waals surface area contributed by atoms with Crippen LogP contribution in [0.1, 0.15) is 23.5 Å². The van der Waals surface area contributed by atoms with Gasteiger partial charge in [0.1, 0.15) is 5.15 Å². The van der Waals surface area contributed by atoms with E-state index in [1.54, 1.807) is 32.2 Å². The van der Waals surface area contributed by atoms with Crippen LogP contribution in [0.25, 0.3) is 10.1 Å². The van der Waals surface area contributed by atoms with Gasteiger partial charge in [-0.15, -0.1) is 11.3 Å². The molecule has 2 heterocycles. The van der Waals surface area contributed by atoms with Crippen LogP contribution in [0.4, 0.5) is 0 Å². The molecule has 0 aliphatic rings. The van der Waals surface area contributed by atoms with E-state index in [1.165, 1.54) is 11.3 Å². The molecule has 0 fully saturated rings. The Morgan fingerprint density at radius 1 is 1.56 bits per heavy atom. The Morgan fingerprint density at radius 2 is 2.28 bits per heavy atom. The number of hydrogen-bond donors (Lipinski definition) is 2. The molecule has 2 aromatic rings. The predicted octanol–water partition coefficient (Wildman–Crippen LogP) is 2.45. The maximum Gasteiger partial charge on any atom is 0.261 e. The molecular weight excluding hydrogens is 272 g/mol. The topological polar surface area (TPSA) is 62.2 Å². The first-order valence-electron chi connectivity index (χ1n) is 5.40. The van der Waals surface area contributed by atoms with Gasteiger partial charge in [-0.1, -0.05) is 11.6 Å². The van der Waals surface area contributed by atoms with Crippen molar-refractivity contribution in [3.05, 3.63) is 28.4 Å². The first-order valence-corrected chi connectivity index (χ1v) is 6.59. The van der Waals surface area contributed by atoms with Crippen LogP contribution >= 0.6 is 22.9 Å². The second kappa shape index (κ2) is 4.84. The van der Waals surface area contributed by atoms with Crippen LogP contribution in [0.15, 0.2) is 18.3 Å². The molecule has 2 N–H and O–H groups in total. The number of nitrogens with one attached hydrogen (secondary N) is 1. The van der Waals surface area contributed by atoms with E-state index >= 15 is 0 Å². The zero-order valence-electron chi connectivity index (χ0n) is 10.0. The van der Waals surface area contributed by atoms with Gasteiger partial charge in [-0.25, -0.2) is 4.98 Å². The standard InChI is InChI=1S/C12H13ClN2O2S/c1-12(2,6-16)15-11(17)9-3-7-5-14-10(13)4-8(7)18-9/h3-5,16H,6H2,1-2H3,(H,15,17). The molecule has 0 aromatic carbocycles. The highest BCUT2D eigenvalue weighted by Crippen LogP contribution is 2.27. The molecule has 0 saturated heterocycles. The fourth-order valence-electron chi connectivity index (χ4n) is 1.43. The van der Waals surface area contributed by atoms with E-state index in [2.05, 4.69) is 10.3 Å². The quantitative estimate of drug-likeness (QED) is 0.851. The lowest BCUT2D eigenvalue weighted by atomic mass is 10.1. The van der Waals surface area contributed by atoms with Crippen LogP contribution in [0.3, 0.4) is 0 Å². The van der Waals surface area contributed by atoms with E-state index in [0.717, 1.165) is 10.1 Å². The fraction of sp³-hybridized carbons (Fsp3) is 0.333. The maximum atomic E-state index is 12.0. The molecule has 1 amide bonds. The highest BCUT2D eigenvalue weighted by molar-refractivity contribution is 7.20. The molecule has 0 radical (unpaired) electrons. The molecule has 0 spiro atoms. The summed E-state index contributed by atoms with van der Waals surface area (Å²) in [5.41, 5.74) is -0.636. The van der Waals surface area contributed by atoms with Crippen LogP contribution in [0.5, 0.6) is 0 Å². The van der Waals surface area contributed by atoms with Gasteiger partial charge in [0.2, 0.25) is 0 Å². The molecule has 96 valence electrons. The molecule has 0 atom stereocenters. The summed E-state index contributed by atoms with van der Waals surface area (Å²) in [6, 6.07) is 3.50. The van der Waals surface area contributed by atoms with Gasteiger partial charge in [-0.3, -0.25) is 4.79 Å². The number of carbonyl (C=O) groups is 1. The average molecular weight is 285 g/mol. The number of rotatable bonds is 3. The third-order valence-electron chi connectivity index (χ3n) is 2.44. The summed E-state index contributed by atoms with van der Waals surface area (Å²) in [5, 5.41) is 13.2. The van der Waals surface area contributed by atoms with Gasteiger partial charge in [0.15, 0.2) is 0 Å². The van der Waals surface area contributed by atoms with Crippen molar-refractivity contribution in [3.8, 4) is 0 Å². The second-order valence-electron chi connectivity index (χ2n) is 4.65. The van der Waals surface area contributed by atoms with Crippen LogP contribution in [0.2, 0.25) is 5.15 Å². The number of halogens is 1. The van der Waals surface area contributed by atoms with Crippen LogP contribution in [0, 0.1) is 0 Å². The minimum Gasteiger partial charge on any atom is -0.394 e. The van der Waals surface area contributed by atoms with Gasteiger partial charge in [0, 0.05) is 16.3 Å². The van der Waals surface area contributed by atoms with Crippen molar-refractivity contribution in [1.29, 1.82) is 0 Å². The zero-order valence-corrected chi connectivity index (χ0v) is 11.6. The number of fused-ring (bicyclic) bond motifs is 1. The molecule has 18 heavy (non-hydrogen) atoms. The van der Waals surface area contributed by atoms with E-state index in [4.69, 9.17) is 16.7 Å². The van der Waals surface area contributed by atoms with Crippen LogP contribution < -0.4 is 5.32 Å². The summed E-state index contributed by atoms with van der Waals surface area (Å²) < 4.78 is 0.918. The van der Waals surface area contributed by atoms with Gasteiger partial charge in [-0.05, 0) is 26.0 Å². The van der Waals surface area contributed by atoms with Crippen molar-refractivity contribution >= 4 is 38.9 Å². The molecule has 0 aliphatic heterocycles. The second-order valence-corrected chi connectivity index (χ2v) is 6.12. The predicted molar refractivity (Wildman–Crippen MR) is 73.3 cm³/mol. The van der Waals surface area contributed by atoms with Gasteiger partial charge in [0.25, 0.3) is 5.91 Å². The van der Waals surface area contributed by atoms with E-state index in [9.17, 15) is 4.79 Å². The largest absolute Gasteiger partial charge is 0.394 e. The van der Waals surface area contributed by atoms with Gasteiger partial charge >= 0.3 is 0 Å². The summed E-state index contributed by atoms with van der Waals surface area (Å²) in [7, 11) is 0. The molecule has 0 bridgehead atoms. The number of amides is 1. The summed E-state index contributed by atoms with van der Waals surface area (Å²) in [4.78, 5) is 16.6. The zero-order chi connectivity index (χ0) is 13.3. The fourth-order valence-corrected chi connectivity index (χ4v) is 2.62. The van der Waals surface area contributed by atoms with Gasteiger partial charge in [0.05, 0.1) is 17.0 Å². The van der Waals surface area contributed by atoms with Crippen molar-refractivity contribution in [1.82, 2.24) is 10.3 Å². The Morgan fingerprint density at radius 3 is 2.94 bits per heavy atom. The number of aliphatic hydroxyl groups is 1. The number of hydrogen-bond acceptors (Lipinski definition) is 4. The average Bonchev–Trinajstić information content (AvgIpc) is 2.71. The van der Waals surface area contributed by atoms with Crippen molar-refractivity contribution in [2.24, 2.45) is 0 Å². The lowest BCUT2D eigenvalue weighted by Crippen LogP contribution is -2.46. The van der Waals surface area contributed by atoms with E-state index in [0.29, 0.717) is 10.0 Å². The Labute approximate surface area is 114 Å². The number of thiophene rings is 1. The maximum absolute atomic E-state index is 12.0. The Kier molecular flexibility index (Phi) is 3.56. The molecule has 2 rings (SSSR count). The number of pyridine rings is 1. The SMILES string of the molecule is CC(C)(CO)NC(=O)c1cc2cnc(Cl)cc2s1. The third-order valence-corrected chi connectivity index (χ3v) is 3.74. The summed E-state index contributed by atoms with van der Waals surface area (Å²) >= 11 is 7.15. The molecule has 6 heteroatoms. The Bertz CT molecular complexity index is 595. The summed E-state index contributed by atoms with van der Waals surface area (Å²) in [6.07, 6.45) is 1.64. The third kappa shape index (κ3) is 2.80. The first kappa shape index (κ1) is 13.3. The summed E-state index contributed by atoms with van der Waals surface area (Å²) in [5.74, 6) is -0.202. The molecule has 0 saturated carbocycles. The van der Waals surface area contributed by atoms with E-state index in [1.807, 2.05) is 0 Å². The molecule has 0 aliphatic carbocycles. The van der Waals surface area contributed by atoms with E-state index in [-0.39, 0.29) is 12.5 Å². The van der Waals surface area contributed by atoms with Gasteiger partial charge < -0.3 is 10.4 Å². The number of aromatic nitrogens is 1. The van der Waals surface area contributed by atoms with Crippen LogP contribution in [-0.2, 0) is 0 Å². The lowest BCUT2D eigenvalue weighted by Gasteiger charge is -2.22. The number of carbonyl (C=O) groups excluding carboxylic acids is 1. The molecular formula is C12H13ClN2O2S. The van der Waals surface area contributed by atoms with Crippen molar-refractivity contribution < 1.29 is 9.90 Å². The summed E-state index contributed by atoms with van der Waals surface area (Å²) in [6.45, 7) is 3.41.